The number of nitrogens with zero attached hydrogens (tertiary/aromatic N) is 1. The van der Waals surface area contributed by atoms with Crippen molar-refractivity contribution in [3.05, 3.63) is 96.3 Å². The molecule has 0 aliphatic rings. The predicted molar refractivity (Wildman–Crippen MR) is 92.0 cm³/mol. The number of carbonyl (C=O) groups is 1. The van der Waals surface area contributed by atoms with E-state index in [-0.39, 0.29) is 18.0 Å². The summed E-state index contributed by atoms with van der Waals surface area (Å²) in [5, 5.41) is 3.12. The Bertz CT molecular complexity index is 736. The fourth-order valence-corrected chi connectivity index (χ4v) is 2.73. The second-order valence-electron chi connectivity index (χ2n) is 5.58. The first-order chi connectivity index (χ1) is 11.3. The largest absolute Gasteiger partial charge is 0.347 e. The Morgan fingerprint density at radius 2 is 1.35 bits per heavy atom. The third kappa shape index (κ3) is 3.51. The van der Waals surface area contributed by atoms with E-state index in [4.69, 9.17) is 0 Å². The van der Waals surface area contributed by atoms with Gasteiger partial charge in [0.15, 0.2) is 0 Å². The molecule has 2 aromatic carbocycles. The highest BCUT2D eigenvalue weighted by Gasteiger charge is 2.23. The van der Waals surface area contributed by atoms with Gasteiger partial charge in [0.25, 0.3) is 0 Å². The first kappa shape index (κ1) is 15.1. The molecule has 0 saturated heterocycles. The second kappa shape index (κ2) is 6.97. The maximum absolute atomic E-state index is 12.9. The van der Waals surface area contributed by atoms with Gasteiger partial charge in [0.05, 0.1) is 6.04 Å². The Morgan fingerprint density at radius 3 is 1.91 bits per heavy atom. The number of benzene rings is 2. The molecule has 3 rings (SSSR count). The average Bonchev–Trinajstić information content (AvgIpc) is 3.11. The molecule has 0 radical (unpaired) electrons. The Kier molecular flexibility index (Phi) is 4.57. The van der Waals surface area contributed by atoms with Gasteiger partial charge in [-0.1, -0.05) is 60.7 Å². The summed E-state index contributed by atoms with van der Waals surface area (Å²) in [6.45, 7) is 2.00. The first-order valence-corrected chi connectivity index (χ1v) is 7.78. The summed E-state index contributed by atoms with van der Waals surface area (Å²) in [6.07, 6.45) is 3.84. The Morgan fingerprint density at radius 1 is 0.826 bits per heavy atom. The molecule has 116 valence electrons. The van der Waals surface area contributed by atoms with Crippen molar-refractivity contribution in [2.75, 3.05) is 0 Å². The van der Waals surface area contributed by atoms with Gasteiger partial charge >= 0.3 is 0 Å². The average molecular weight is 304 g/mol. The minimum atomic E-state index is -0.364. The van der Waals surface area contributed by atoms with Crippen molar-refractivity contribution >= 4 is 5.91 Å². The van der Waals surface area contributed by atoms with Crippen molar-refractivity contribution in [2.45, 2.75) is 19.0 Å². The SMILES string of the molecule is C[C@@H](NC(=O)[C@H](c1ccccc1)n1cccc1)c1ccccc1. The minimum absolute atomic E-state index is 0.0104. The van der Waals surface area contributed by atoms with Gasteiger partial charge in [-0.3, -0.25) is 4.79 Å². The van der Waals surface area contributed by atoms with Crippen LogP contribution in [0.3, 0.4) is 0 Å². The molecule has 23 heavy (non-hydrogen) atoms. The molecule has 1 N–H and O–H groups in total. The molecular weight excluding hydrogens is 284 g/mol. The molecule has 2 atom stereocenters. The van der Waals surface area contributed by atoms with Crippen molar-refractivity contribution in [1.29, 1.82) is 0 Å². The lowest BCUT2D eigenvalue weighted by Gasteiger charge is -2.22. The summed E-state index contributed by atoms with van der Waals surface area (Å²) in [6, 6.07) is 23.3. The van der Waals surface area contributed by atoms with Crippen molar-refractivity contribution in [1.82, 2.24) is 9.88 Å². The van der Waals surface area contributed by atoms with Crippen LogP contribution in [0.15, 0.2) is 85.2 Å². The van der Waals surface area contributed by atoms with E-state index in [9.17, 15) is 4.79 Å². The maximum Gasteiger partial charge on any atom is 0.248 e. The summed E-state index contributed by atoms with van der Waals surface area (Å²) < 4.78 is 1.93. The maximum atomic E-state index is 12.9. The van der Waals surface area contributed by atoms with Crippen molar-refractivity contribution in [3.8, 4) is 0 Å². The van der Waals surface area contributed by atoms with Crippen LogP contribution in [-0.2, 0) is 4.79 Å². The quantitative estimate of drug-likeness (QED) is 0.760. The highest BCUT2D eigenvalue weighted by Crippen LogP contribution is 2.21. The van der Waals surface area contributed by atoms with E-state index in [1.807, 2.05) is 96.7 Å². The Balaban J connectivity index is 1.84. The molecule has 0 saturated carbocycles. The molecule has 0 bridgehead atoms. The molecule has 0 unspecified atom stereocenters. The molecule has 1 amide bonds. The summed E-state index contributed by atoms with van der Waals surface area (Å²) >= 11 is 0. The Hall–Kier alpha value is -2.81. The first-order valence-electron chi connectivity index (χ1n) is 7.78. The third-order valence-electron chi connectivity index (χ3n) is 3.95. The number of hydrogen-bond acceptors (Lipinski definition) is 1. The molecule has 3 heteroatoms. The van der Waals surface area contributed by atoms with E-state index in [1.165, 1.54) is 0 Å². The highest BCUT2D eigenvalue weighted by atomic mass is 16.2. The van der Waals surface area contributed by atoms with E-state index in [1.54, 1.807) is 0 Å². The molecule has 3 aromatic rings. The van der Waals surface area contributed by atoms with E-state index in [0.29, 0.717) is 0 Å². The number of amides is 1. The van der Waals surface area contributed by atoms with E-state index >= 15 is 0 Å². The van der Waals surface area contributed by atoms with Crippen LogP contribution in [0.25, 0.3) is 0 Å². The van der Waals surface area contributed by atoms with Gasteiger partial charge in [-0.2, -0.15) is 0 Å². The van der Waals surface area contributed by atoms with Gasteiger partial charge in [0.1, 0.15) is 6.04 Å². The normalized spacial score (nSPS) is 13.3. The van der Waals surface area contributed by atoms with Gasteiger partial charge in [0.2, 0.25) is 5.91 Å². The van der Waals surface area contributed by atoms with Gasteiger partial charge in [-0.15, -0.1) is 0 Å². The molecule has 0 spiro atoms. The fraction of sp³-hybridized carbons (Fsp3) is 0.150. The number of nitrogens with one attached hydrogen (secondary N) is 1. The molecule has 3 nitrogen and oxygen atoms in total. The molecule has 1 heterocycles. The van der Waals surface area contributed by atoms with Crippen LogP contribution >= 0.6 is 0 Å². The number of aromatic nitrogens is 1. The number of hydrogen-bond donors (Lipinski definition) is 1. The van der Waals surface area contributed by atoms with Crippen molar-refractivity contribution in [3.63, 3.8) is 0 Å². The van der Waals surface area contributed by atoms with E-state index < -0.39 is 0 Å². The van der Waals surface area contributed by atoms with Crippen molar-refractivity contribution in [2.24, 2.45) is 0 Å². The number of carbonyl (C=O) groups excluding carboxylic acids is 1. The molecule has 0 aliphatic heterocycles. The number of rotatable bonds is 5. The zero-order chi connectivity index (χ0) is 16.1. The lowest BCUT2D eigenvalue weighted by Crippen LogP contribution is -2.34. The molecule has 0 aliphatic carbocycles. The van der Waals surface area contributed by atoms with Crippen LogP contribution in [0, 0.1) is 0 Å². The van der Waals surface area contributed by atoms with Crippen LogP contribution in [0.4, 0.5) is 0 Å². The zero-order valence-corrected chi connectivity index (χ0v) is 13.1. The third-order valence-corrected chi connectivity index (χ3v) is 3.95. The topological polar surface area (TPSA) is 34.0 Å². The van der Waals surface area contributed by atoms with Crippen LogP contribution in [0.1, 0.15) is 30.1 Å². The van der Waals surface area contributed by atoms with Gasteiger partial charge in [-0.25, -0.2) is 0 Å². The zero-order valence-electron chi connectivity index (χ0n) is 13.1. The lowest BCUT2D eigenvalue weighted by molar-refractivity contribution is -0.123. The minimum Gasteiger partial charge on any atom is -0.347 e. The monoisotopic (exact) mass is 304 g/mol. The van der Waals surface area contributed by atoms with Crippen LogP contribution < -0.4 is 5.32 Å². The van der Waals surface area contributed by atoms with Crippen LogP contribution in [-0.4, -0.2) is 10.5 Å². The summed E-state index contributed by atoms with van der Waals surface area (Å²) in [5.41, 5.74) is 2.07. The predicted octanol–water partition coefficient (Wildman–Crippen LogP) is 3.95. The molecular formula is C20H20N2O. The summed E-state index contributed by atoms with van der Waals surface area (Å²) in [7, 11) is 0. The Labute approximate surface area is 136 Å². The molecule has 1 aromatic heterocycles. The van der Waals surface area contributed by atoms with Crippen LogP contribution in [0.5, 0.6) is 0 Å². The lowest BCUT2D eigenvalue weighted by atomic mass is 10.0. The fourth-order valence-electron chi connectivity index (χ4n) is 2.73. The van der Waals surface area contributed by atoms with Gasteiger partial charge in [-0.05, 0) is 30.2 Å². The second-order valence-corrected chi connectivity index (χ2v) is 5.58. The van der Waals surface area contributed by atoms with Gasteiger partial charge < -0.3 is 9.88 Å². The van der Waals surface area contributed by atoms with E-state index in [2.05, 4.69) is 5.32 Å². The summed E-state index contributed by atoms with van der Waals surface area (Å²) in [4.78, 5) is 12.9. The van der Waals surface area contributed by atoms with Crippen molar-refractivity contribution < 1.29 is 4.79 Å². The van der Waals surface area contributed by atoms with Crippen LogP contribution in [0.2, 0.25) is 0 Å². The van der Waals surface area contributed by atoms with Gasteiger partial charge in [0, 0.05) is 12.4 Å². The standard InChI is InChI=1S/C20H20N2O/c1-16(17-10-4-2-5-11-17)21-20(23)19(22-14-8-9-15-22)18-12-6-3-7-13-18/h2-16,19H,1H3,(H,21,23)/t16-,19+/m1/s1. The smallest absolute Gasteiger partial charge is 0.248 e. The van der Waals surface area contributed by atoms with E-state index in [0.717, 1.165) is 11.1 Å². The molecule has 0 fully saturated rings. The summed E-state index contributed by atoms with van der Waals surface area (Å²) in [5.74, 6) is -0.0104. The highest BCUT2D eigenvalue weighted by molar-refractivity contribution is 5.84.